The molecular formula is C14H18O2. The Kier molecular flexibility index (Phi) is 6.14. The molecule has 2 nitrogen and oxygen atoms in total. The molecule has 1 rings (SSSR count). The highest BCUT2D eigenvalue weighted by Gasteiger charge is 2.05. The van der Waals surface area contributed by atoms with E-state index in [0.29, 0.717) is 5.56 Å². The third kappa shape index (κ3) is 6.00. The van der Waals surface area contributed by atoms with E-state index in [9.17, 15) is 9.90 Å². The molecule has 0 amide bonds. The van der Waals surface area contributed by atoms with Gasteiger partial charge in [0.2, 0.25) is 0 Å². The zero-order valence-electron chi connectivity index (χ0n) is 10.2. The summed E-state index contributed by atoms with van der Waals surface area (Å²) in [5.41, 5.74) is 0.431. The number of benzene rings is 1. The minimum Gasteiger partial charge on any atom is -0.378 e. The van der Waals surface area contributed by atoms with E-state index in [1.807, 2.05) is 13.8 Å². The van der Waals surface area contributed by atoms with Crippen molar-refractivity contribution in [1.29, 1.82) is 0 Å². The molecule has 0 atom stereocenters. The summed E-state index contributed by atoms with van der Waals surface area (Å²) in [4.78, 5) is 10.4. The molecular weight excluding hydrogens is 200 g/mol. The first kappa shape index (κ1) is 14.4. The molecule has 0 radical (unpaired) electrons. The fraction of sp³-hybridized carbons (Fsp3) is 0.357. The van der Waals surface area contributed by atoms with Crippen molar-refractivity contribution in [2.24, 2.45) is 0 Å². The summed E-state index contributed by atoms with van der Waals surface area (Å²) in [7, 11) is 0. The van der Waals surface area contributed by atoms with Crippen LogP contribution in [0, 0.1) is 11.8 Å². The molecule has 0 unspecified atom stereocenters. The fourth-order valence-corrected chi connectivity index (χ4v) is 0.870. The second kappa shape index (κ2) is 6.81. The van der Waals surface area contributed by atoms with Gasteiger partial charge in [-0.2, -0.15) is 0 Å². The molecule has 0 bridgehead atoms. The lowest BCUT2D eigenvalue weighted by Crippen LogP contribution is -2.14. The lowest BCUT2D eigenvalue weighted by Gasteiger charge is -2.05. The van der Waals surface area contributed by atoms with Crippen molar-refractivity contribution in [1.82, 2.24) is 0 Å². The topological polar surface area (TPSA) is 37.3 Å². The number of carbonyl (C=O) groups excluding carboxylic acids is 1. The molecule has 0 fully saturated rings. The van der Waals surface area contributed by atoms with Gasteiger partial charge in [0.05, 0.1) is 0 Å². The van der Waals surface area contributed by atoms with Crippen LogP contribution in [-0.2, 0) is 0 Å². The minimum absolute atomic E-state index is 0.624. The summed E-state index contributed by atoms with van der Waals surface area (Å²) in [6.45, 7) is 7.25. The molecule has 0 heterocycles. The van der Waals surface area contributed by atoms with Crippen molar-refractivity contribution in [2.75, 3.05) is 0 Å². The van der Waals surface area contributed by atoms with E-state index in [1.54, 1.807) is 38.1 Å². The largest absolute Gasteiger partial charge is 0.378 e. The Morgan fingerprint density at radius 3 is 2.06 bits per heavy atom. The van der Waals surface area contributed by atoms with Gasteiger partial charge >= 0.3 is 0 Å². The van der Waals surface area contributed by atoms with Gasteiger partial charge < -0.3 is 5.11 Å². The van der Waals surface area contributed by atoms with Gasteiger partial charge in [0, 0.05) is 11.1 Å². The van der Waals surface area contributed by atoms with E-state index in [4.69, 9.17) is 0 Å². The Bertz CT molecular complexity index is 372. The first-order valence-electron chi connectivity index (χ1n) is 5.32. The van der Waals surface area contributed by atoms with Crippen LogP contribution in [0.5, 0.6) is 0 Å². The van der Waals surface area contributed by atoms with Gasteiger partial charge in [0.15, 0.2) is 0 Å². The fourth-order valence-electron chi connectivity index (χ4n) is 0.870. The van der Waals surface area contributed by atoms with Crippen LogP contribution in [-0.4, -0.2) is 17.0 Å². The monoisotopic (exact) mass is 218 g/mol. The number of aldehydes is 1. The lowest BCUT2D eigenvalue weighted by molar-refractivity contribution is 0.112. The summed E-state index contributed by atoms with van der Waals surface area (Å²) in [6, 6.07) is 6.90. The highest BCUT2D eigenvalue weighted by Crippen LogP contribution is 2.02. The Labute approximate surface area is 97.3 Å². The number of aliphatic hydroxyl groups is 1. The molecule has 1 aromatic carbocycles. The molecule has 1 N–H and O–H groups in total. The van der Waals surface area contributed by atoms with Gasteiger partial charge in [-0.3, -0.25) is 4.79 Å². The number of hydrogen-bond acceptors (Lipinski definition) is 2. The average Bonchev–Trinajstić information content (AvgIpc) is 2.29. The Morgan fingerprint density at radius 1 is 1.19 bits per heavy atom. The van der Waals surface area contributed by atoms with E-state index >= 15 is 0 Å². The lowest BCUT2D eigenvalue weighted by atomic mass is 10.1. The van der Waals surface area contributed by atoms with Crippen LogP contribution < -0.4 is 0 Å². The molecule has 0 aliphatic carbocycles. The normalized spacial score (nSPS) is 9.31. The molecule has 2 heteroatoms. The molecule has 0 spiro atoms. The molecule has 0 aliphatic rings. The van der Waals surface area contributed by atoms with Crippen LogP contribution in [0.3, 0.4) is 0 Å². The van der Waals surface area contributed by atoms with Crippen LogP contribution >= 0.6 is 0 Å². The van der Waals surface area contributed by atoms with Crippen molar-refractivity contribution >= 4 is 6.29 Å². The second-order valence-electron chi connectivity index (χ2n) is 3.55. The van der Waals surface area contributed by atoms with Crippen LogP contribution in [0.1, 0.15) is 43.6 Å². The van der Waals surface area contributed by atoms with Crippen LogP contribution in [0.2, 0.25) is 0 Å². The first-order valence-corrected chi connectivity index (χ1v) is 5.32. The third-order valence-corrected chi connectivity index (χ3v) is 1.56. The molecule has 0 saturated carbocycles. The van der Waals surface area contributed by atoms with Gasteiger partial charge in [-0.05, 0) is 26.0 Å². The molecule has 16 heavy (non-hydrogen) atoms. The van der Waals surface area contributed by atoms with Crippen molar-refractivity contribution in [3.05, 3.63) is 35.4 Å². The van der Waals surface area contributed by atoms with Crippen molar-refractivity contribution in [2.45, 2.75) is 33.3 Å². The average molecular weight is 218 g/mol. The maximum atomic E-state index is 10.4. The van der Waals surface area contributed by atoms with Crippen molar-refractivity contribution in [3.63, 3.8) is 0 Å². The van der Waals surface area contributed by atoms with Gasteiger partial charge in [0.1, 0.15) is 11.9 Å². The van der Waals surface area contributed by atoms with Crippen LogP contribution in [0.25, 0.3) is 0 Å². The maximum absolute atomic E-state index is 10.4. The Hall–Kier alpha value is -1.59. The summed E-state index contributed by atoms with van der Waals surface area (Å²) in [5, 5.41) is 9.35. The highest BCUT2D eigenvalue weighted by atomic mass is 16.3. The van der Waals surface area contributed by atoms with Gasteiger partial charge in [0.25, 0.3) is 0 Å². The predicted molar refractivity (Wildman–Crippen MR) is 66.4 cm³/mol. The van der Waals surface area contributed by atoms with E-state index in [-0.39, 0.29) is 0 Å². The quantitative estimate of drug-likeness (QED) is 0.581. The molecule has 0 saturated heterocycles. The number of rotatable bonds is 1. The Balaban J connectivity index is 0.00000106. The van der Waals surface area contributed by atoms with Crippen LogP contribution in [0.4, 0.5) is 0 Å². The summed E-state index contributed by atoms with van der Waals surface area (Å²) in [6.07, 6.45) is 0.785. The van der Waals surface area contributed by atoms with Gasteiger partial charge in [-0.1, -0.05) is 37.8 Å². The smallest absolute Gasteiger partial charge is 0.150 e. The number of hydrogen-bond donors (Lipinski definition) is 1. The second-order valence-corrected chi connectivity index (χ2v) is 3.55. The van der Waals surface area contributed by atoms with Crippen molar-refractivity contribution < 1.29 is 9.90 Å². The molecule has 86 valence electrons. The predicted octanol–water partition coefficient (Wildman–Crippen LogP) is 2.65. The zero-order chi connectivity index (χ0) is 12.6. The van der Waals surface area contributed by atoms with E-state index in [2.05, 4.69) is 11.8 Å². The third-order valence-electron chi connectivity index (χ3n) is 1.56. The zero-order valence-corrected chi connectivity index (χ0v) is 10.2. The molecule has 0 aromatic heterocycles. The van der Waals surface area contributed by atoms with E-state index in [0.717, 1.165) is 11.8 Å². The highest BCUT2D eigenvalue weighted by molar-refractivity contribution is 5.74. The molecule has 0 aliphatic heterocycles. The maximum Gasteiger partial charge on any atom is 0.150 e. The van der Waals surface area contributed by atoms with Crippen molar-refractivity contribution in [3.8, 4) is 11.8 Å². The molecule has 1 aromatic rings. The summed E-state index contributed by atoms with van der Waals surface area (Å²) in [5.74, 6) is 5.51. The SMILES string of the molecule is CC.CC(C)(O)C#Cc1ccc(C=O)cc1. The van der Waals surface area contributed by atoms with Gasteiger partial charge in [-0.15, -0.1) is 0 Å². The summed E-state index contributed by atoms with van der Waals surface area (Å²) >= 11 is 0. The van der Waals surface area contributed by atoms with E-state index < -0.39 is 5.60 Å². The minimum atomic E-state index is -0.983. The van der Waals surface area contributed by atoms with Crippen LogP contribution in [0.15, 0.2) is 24.3 Å². The van der Waals surface area contributed by atoms with Gasteiger partial charge in [-0.25, -0.2) is 0 Å². The first-order chi connectivity index (χ1) is 7.51. The number of carbonyl (C=O) groups is 1. The summed E-state index contributed by atoms with van der Waals surface area (Å²) < 4.78 is 0. The standard InChI is InChI=1S/C12H12O2.C2H6/c1-12(2,14)8-7-10-3-5-11(9-13)6-4-10;1-2/h3-6,9,14H,1-2H3;1-2H3. The van der Waals surface area contributed by atoms with E-state index in [1.165, 1.54) is 0 Å². The Morgan fingerprint density at radius 2 is 1.69 bits per heavy atom.